The van der Waals surface area contributed by atoms with Crippen LogP contribution in [0.3, 0.4) is 0 Å². The minimum absolute atomic E-state index is 0.0417. The highest BCUT2D eigenvalue weighted by Gasteiger charge is 2.72. The van der Waals surface area contributed by atoms with Crippen LogP contribution in [0.2, 0.25) is 0 Å². The Kier molecular flexibility index (Phi) is 6.32. The Morgan fingerprint density at radius 1 is 1.12 bits per heavy atom. The van der Waals surface area contributed by atoms with Crippen molar-refractivity contribution in [3.05, 3.63) is 72.3 Å². The van der Waals surface area contributed by atoms with Gasteiger partial charge in [-0.3, -0.25) is 4.79 Å². The molecule has 33 heavy (non-hydrogen) atoms. The van der Waals surface area contributed by atoms with E-state index in [-0.39, 0.29) is 17.2 Å². The minimum Gasteiger partial charge on any atom is -0.493 e. The van der Waals surface area contributed by atoms with Crippen molar-refractivity contribution < 1.29 is 28.2 Å². The van der Waals surface area contributed by atoms with E-state index in [1.165, 1.54) is 6.07 Å². The smallest absolute Gasteiger partial charge is 0.325 e. The van der Waals surface area contributed by atoms with Gasteiger partial charge in [0.25, 0.3) is 10.0 Å². The van der Waals surface area contributed by atoms with Crippen molar-refractivity contribution in [1.82, 2.24) is 4.72 Å². The van der Waals surface area contributed by atoms with Crippen molar-refractivity contribution in [3.63, 3.8) is 0 Å². The molecule has 9 heteroatoms. The van der Waals surface area contributed by atoms with E-state index in [0.29, 0.717) is 23.7 Å². The molecule has 0 saturated heterocycles. The summed E-state index contributed by atoms with van der Waals surface area (Å²) in [6, 6.07) is 19.5. The largest absolute Gasteiger partial charge is 0.493 e. The van der Waals surface area contributed by atoms with Crippen molar-refractivity contribution in [1.29, 1.82) is 0 Å². The monoisotopic (exact) mass is 487 g/mol. The molecule has 3 aromatic rings. The average molecular weight is 488 g/mol. The van der Waals surface area contributed by atoms with Gasteiger partial charge in [-0.15, -0.1) is 11.3 Å². The van der Waals surface area contributed by atoms with Crippen molar-refractivity contribution in [2.24, 2.45) is 0 Å². The Morgan fingerprint density at radius 2 is 1.88 bits per heavy atom. The highest BCUT2D eigenvalue weighted by atomic mass is 32.2. The van der Waals surface area contributed by atoms with Crippen molar-refractivity contribution in [2.75, 3.05) is 13.2 Å². The predicted octanol–water partition coefficient (Wildman–Crippen LogP) is 3.64. The number of aliphatic carboxylic acids is 1. The molecule has 7 nitrogen and oxygen atoms in total. The third kappa shape index (κ3) is 4.41. The van der Waals surface area contributed by atoms with Gasteiger partial charge in [0.1, 0.15) is 15.5 Å². The highest BCUT2D eigenvalue weighted by Crippen LogP contribution is 2.58. The molecular weight excluding hydrogens is 462 g/mol. The number of thiophene rings is 1. The zero-order chi connectivity index (χ0) is 23.7. The number of rotatable bonds is 10. The summed E-state index contributed by atoms with van der Waals surface area (Å²) in [4.78, 5) is 12.9. The SMILES string of the molecule is C[C@]1(c2ccccc2)C[C@@]1(NS(=O)(=O)c1ccc(-c2cccc(OCCCO)c2)s1)C(=O)O. The maximum absolute atomic E-state index is 13.2. The van der Waals surface area contributed by atoms with Crippen LogP contribution >= 0.6 is 11.3 Å². The predicted molar refractivity (Wildman–Crippen MR) is 126 cm³/mol. The molecule has 1 aliphatic rings. The summed E-state index contributed by atoms with van der Waals surface area (Å²) in [7, 11) is -4.07. The number of carboxylic acid groups (broad SMARTS) is 1. The number of benzene rings is 2. The van der Waals surface area contributed by atoms with E-state index in [1.54, 1.807) is 25.1 Å². The zero-order valence-electron chi connectivity index (χ0n) is 18.0. The van der Waals surface area contributed by atoms with Crippen LogP contribution in [0, 0.1) is 0 Å². The normalized spacial score (nSPS) is 22.1. The maximum atomic E-state index is 13.2. The summed E-state index contributed by atoms with van der Waals surface area (Å²) in [6.45, 7) is 2.19. The number of nitrogens with one attached hydrogen (secondary N) is 1. The molecule has 174 valence electrons. The lowest BCUT2D eigenvalue weighted by Crippen LogP contribution is -2.47. The number of sulfonamides is 1. The second kappa shape index (κ2) is 8.90. The van der Waals surface area contributed by atoms with Gasteiger partial charge in [0.2, 0.25) is 0 Å². The fourth-order valence-electron chi connectivity index (χ4n) is 4.04. The Balaban J connectivity index is 1.57. The molecule has 1 aromatic heterocycles. The first-order valence-corrected chi connectivity index (χ1v) is 12.8. The van der Waals surface area contributed by atoms with E-state index in [0.717, 1.165) is 22.5 Å². The molecule has 0 bridgehead atoms. The van der Waals surface area contributed by atoms with Gasteiger partial charge in [-0.2, -0.15) is 4.72 Å². The number of aliphatic hydroxyl groups is 1. The second-order valence-corrected chi connectivity index (χ2v) is 11.3. The number of ether oxygens (including phenoxy) is 1. The number of hydrogen-bond donors (Lipinski definition) is 3. The third-order valence-electron chi connectivity index (χ3n) is 6.06. The van der Waals surface area contributed by atoms with Crippen LogP contribution in [-0.4, -0.2) is 43.4 Å². The lowest BCUT2D eigenvalue weighted by molar-refractivity contribution is -0.140. The van der Waals surface area contributed by atoms with Crippen molar-refractivity contribution >= 4 is 27.3 Å². The Labute approximate surface area is 196 Å². The quantitative estimate of drug-likeness (QED) is 0.377. The van der Waals surface area contributed by atoms with Crippen LogP contribution in [-0.2, 0) is 20.2 Å². The second-order valence-electron chi connectivity index (χ2n) is 8.26. The van der Waals surface area contributed by atoms with Gasteiger partial charge in [0, 0.05) is 23.3 Å². The fourth-order valence-corrected chi connectivity index (χ4v) is 6.80. The molecule has 0 aliphatic heterocycles. The molecule has 4 rings (SSSR count). The minimum atomic E-state index is -4.07. The molecule has 2 aromatic carbocycles. The topological polar surface area (TPSA) is 113 Å². The molecule has 0 spiro atoms. The fraction of sp³-hybridized carbons (Fsp3) is 0.292. The van der Waals surface area contributed by atoms with Gasteiger partial charge in [0.05, 0.1) is 6.61 Å². The van der Waals surface area contributed by atoms with Gasteiger partial charge in [-0.25, -0.2) is 8.42 Å². The molecule has 0 amide bonds. The van der Waals surface area contributed by atoms with Crippen LogP contribution in [0.5, 0.6) is 5.75 Å². The number of aliphatic hydroxyl groups excluding tert-OH is 1. The van der Waals surface area contributed by atoms with Gasteiger partial charge in [-0.05, 0) is 41.8 Å². The van der Waals surface area contributed by atoms with Crippen molar-refractivity contribution in [2.45, 2.75) is 34.9 Å². The summed E-state index contributed by atoms with van der Waals surface area (Å²) in [5.74, 6) is -0.569. The summed E-state index contributed by atoms with van der Waals surface area (Å²) in [5.41, 5.74) is -0.873. The van der Waals surface area contributed by atoms with E-state index in [9.17, 15) is 18.3 Å². The van der Waals surface area contributed by atoms with Gasteiger partial charge < -0.3 is 14.9 Å². The number of hydrogen-bond acceptors (Lipinski definition) is 6. The molecule has 0 radical (unpaired) electrons. The summed E-state index contributed by atoms with van der Waals surface area (Å²) < 4.78 is 34.5. The molecule has 1 aliphatic carbocycles. The number of carbonyl (C=O) groups is 1. The van der Waals surface area contributed by atoms with Crippen LogP contribution in [0.15, 0.2) is 70.9 Å². The van der Waals surface area contributed by atoms with Gasteiger partial charge in [-0.1, -0.05) is 49.4 Å². The molecule has 1 fully saturated rings. The van der Waals surface area contributed by atoms with E-state index in [1.807, 2.05) is 42.5 Å². The molecule has 1 saturated carbocycles. The van der Waals surface area contributed by atoms with Crippen LogP contribution in [0.1, 0.15) is 25.3 Å². The first-order valence-electron chi connectivity index (χ1n) is 10.5. The van der Waals surface area contributed by atoms with Crippen molar-refractivity contribution in [3.8, 4) is 16.2 Å². The lowest BCUT2D eigenvalue weighted by Gasteiger charge is -2.20. The zero-order valence-corrected chi connectivity index (χ0v) is 19.7. The Hall–Kier alpha value is -2.72. The van der Waals surface area contributed by atoms with E-state index in [4.69, 9.17) is 9.84 Å². The lowest BCUT2D eigenvalue weighted by atomic mass is 9.93. The average Bonchev–Trinajstić information content (AvgIpc) is 3.15. The first-order chi connectivity index (χ1) is 15.7. The summed E-state index contributed by atoms with van der Waals surface area (Å²) >= 11 is 1.07. The Morgan fingerprint density at radius 3 is 2.58 bits per heavy atom. The molecule has 1 heterocycles. The first kappa shape index (κ1) is 23.4. The van der Waals surface area contributed by atoms with Crippen LogP contribution in [0.25, 0.3) is 10.4 Å². The van der Waals surface area contributed by atoms with Gasteiger partial charge in [0.15, 0.2) is 0 Å². The summed E-state index contributed by atoms with van der Waals surface area (Å²) in [6.07, 6.45) is 0.689. The molecule has 0 unspecified atom stereocenters. The van der Waals surface area contributed by atoms with Gasteiger partial charge >= 0.3 is 5.97 Å². The third-order valence-corrected chi connectivity index (χ3v) is 9.18. The van der Waals surface area contributed by atoms with E-state index >= 15 is 0 Å². The van der Waals surface area contributed by atoms with Crippen LogP contribution < -0.4 is 9.46 Å². The highest BCUT2D eigenvalue weighted by molar-refractivity contribution is 7.91. The summed E-state index contributed by atoms with van der Waals surface area (Å²) in [5, 5.41) is 18.9. The molecule has 2 atom stereocenters. The van der Waals surface area contributed by atoms with E-state index < -0.39 is 26.9 Å². The molecular formula is C24H25NO6S2. The standard InChI is InChI=1S/C24H25NO6S2/c1-23(18-8-3-2-4-9-18)16-24(23,22(27)28)25-33(29,30)21-12-11-20(32-21)17-7-5-10-19(15-17)31-14-6-13-26/h2-5,7-12,15,25-26H,6,13-14,16H2,1H3,(H,27,28)/t23-,24-/m1/s1. The molecule has 3 N–H and O–H groups in total. The number of carboxylic acids is 1. The van der Waals surface area contributed by atoms with Crippen LogP contribution in [0.4, 0.5) is 0 Å². The Bertz CT molecular complexity index is 1260. The van der Waals surface area contributed by atoms with E-state index in [2.05, 4.69) is 4.72 Å². The maximum Gasteiger partial charge on any atom is 0.325 e.